The van der Waals surface area contributed by atoms with E-state index in [4.69, 9.17) is 14.2 Å². The van der Waals surface area contributed by atoms with Crippen LogP contribution in [-0.2, 0) is 22.4 Å². The number of hydrogen-bond acceptors (Lipinski definition) is 6. The summed E-state index contributed by atoms with van der Waals surface area (Å²) in [6.07, 6.45) is 1.75. The second-order valence-electron chi connectivity index (χ2n) is 7.32. The minimum atomic E-state index is -0.499. The number of amides is 1. The number of nitrogens with one attached hydrogen (secondary N) is 1. The first kappa shape index (κ1) is 20.9. The van der Waals surface area contributed by atoms with E-state index >= 15 is 0 Å². The number of esters is 1. The van der Waals surface area contributed by atoms with Crippen molar-refractivity contribution in [3.8, 4) is 21.9 Å². The molecule has 7 heteroatoms. The minimum Gasteiger partial charge on any atom is -0.497 e. The van der Waals surface area contributed by atoms with Gasteiger partial charge >= 0.3 is 5.97 Å². The molecule has 1 aromatic heterocycles. The van der Waals surface area contributed by atoms with Crippen LogP contribution < -0.4 is 14.8 Å². The van der Waals surface area contributed by atoms with Crippen LogP contribution in [0.3, 0.4) is 0 Å². The lowest BCUT2D eigenvalue weighted by Crippen LogP contribution is -2.21. The zero-order chi connectivity index (χ0) is 22.0. The monoisotopic (exact) mass is 437 g/mol. The summed E-state index contributed by atoms with van der Waals surface area (Å²) in [5, 5.41) is 2.73. The molecule has 1 amide bonds. The number of methoxy groups -OCH3 is 2. The molecule has 1 aliphatic rings. The number of aryl methyl sites for hydroxylation is 3. The van der Waals surface area contributed by atoms with Crippen LogP contribution >= 0.6 is 11.3 Å². The first-order valence-electron chi connectivity index (χ1n) is 9.90. The van der Waals surface area contributed by atoms with E-state index in [1.807, 2.05) is 37.3 Å². The smallest absolute Gasteiger partial charge is 0.348 e. The molecule has 4 rings (SSSR count). The van der Waals surface area contributed by atoms with Crippen LogP contribution in [0.15, 0.2) is 42.5 Å². The summed E-state index contributed by atoms with van der Waals surface area (Å²) < 4.78 is 15.8. The van der Waals surface area contributed by atoms with Crippen LogP contribution in [0.5, 0.6) is 11.5 Å². The van der Waals surface area contributed by atoms with Crippen molar-refractivity contribution in [3.63, 3.8) is 0 Å². The standard InChI is InChI=1S/C24H23NO5S/c1-14-4-9-20(29-3)19(10-14)25-22(26)13-30-24(27)21-12-16-6-5-15-11-17(28-2)7-8-18(15)23(16)31-21/h4,7-12H,5-6,13H2,1-3H3,(H,25,26). The molecule has 1 heterocycles. The van der Waals surface area contributed by atoms with Gasteiger partial charge in [-0.1, -0.05) is 6.07 Å². The Labute approximate surface area is 184 Å². The molecule has 0 atom stereocenters. The average Bonchev–Trinajstić information content (AvgIpc) is 3.22. The second-order valence-corrected chi connectivity index (χ2v) is 8.37. The molecule has 160 valence electrons. The highest BCUT2D eigenvalue weighted by Crippen LogP contribution is 2.41. The molecule has 6 nitrogen and oxygen atoms in total. The van der Waals surface area contributed by atoms with Gasteiger partial charge in [0.25, 0.3) is 5.91 Å². The molecule has 0 fully saturated rings. The molecule has 0 saturated heterocycles. The van der Waals surface area contributed by atoms with Gasteiger partial charge in [0.2, 0.25) is 0 Å². The summed E-state index contributed by atoms with van der Waals surface area (Å²) in [5.41, 5.74) is 4.98. The lowest BCUT2D eigenvalue weighted by molar-refractivity contribution is -0.119. The molecule has 0 spiro atoms. The van der Waals surface area contributed by atoms with Gasteiger partial charge in [0.05, 0.1) is 19.9 Å². The van der Waals surface area contributed by atoms with Crippen molar-refractivity contribution in [2.24, 2.45) is 0 Å². The van der Waals surface area contributed by atoms with Gasteiger partial charge in [0.15, 0.2) is 6.61 Å². The number of ether oxygens (including phenoxy) is 3. The fraction of sp³-hybridized carbons (Fsp3) is 0.250. The van der Waals surface area contributed by atoms with E-state index in [1.165, 1.54) is 24.0 Å². The summed E-state index contributed by atoms with van der Waals surface area (Å²) in [4.78, 5) is 26.4. The molecule has 1 aliphatic carbocycles. The molecule has 0 bridgehead atoms. The maximum absolute atomic E-state index is 12.6. The Balaban J connectivity index is 1.43. The Morgan fingerprint density at radius 3 is 2.58 bits per heavy atom. The van der Waals surface area contributed by atoms with E-state index < -0.39 is 11.9 Å². The average molecular weight is 438 g/mol. The predicted molar refractivity (Wildman–Crippen MR) is 120 cm³/mol. The van der Waals surface area contributed by atoms with Crippen LogP contribution in [0, 0.1) is 6.92 Å². The number of anilines is 1. The quantitative estimate of drug-likeness (QED) is 0.569. The fourth-order valence-electron chi connectivity index (χ4n) is 3.65. The van der Waals surface area contributed by atoms with Gasteiger partial charge in [-0.25, -0.2) is 4.79 Å². The fourth-order valence-corrected chi connectivity index (χ4v) is 4.81. The Bertz CT molecular complexity index is 1150. The number of carbonyl (C=O) groups is 2. The molecule has 0 saturated carbocycles. The van der Waals surface area contributed by atoms with E-state index in [0.29, 0.717) is 16.3 Å². The highest BCUT2D eigenvalue weighted by atomic mass is 32.1. The first-order valence-corrected chi connectivity index (χ1v) is 10.7. The number of fused-ring (bicyclic) bond motifs is 3. The Hall–Kier alpha value is -3.32. The van der Waals surface area contributed by atoms with Crippen molar-refractivity contribution >= 4 is 28.9 Å². The minimum absolute atomic E-state index is 0.369. The van der Waals surface area contributed by atoms with Crippen LogP contribution in [0.2, 0.25) is 0 Å². The third kappa shape index (κ3) is 4.41. The van der Waals surface area contributed by atoms with Crippen molar-refractivity contribution in [2.45, 2.75) is 19.8 Å². The van der Waals surface area contributed by atoms with E-state index in [9.17, 15) is 9.59 Å². The Kier molecular flexibility index (Phi) is 5.95. The predicted octanol–water partition coefficient (Wildman–Crippen LogP) is 4.63. The van der Waals surface area contributed by atoms with Crippen LogP contribution in [0.25, 0.3) is 10.4 Å². The van der Waals surface area contributed by atoms with Crippen LogP contribution in [0.4, 0.5) is 5.69 Å². The largest absolute Gasteiger partial charge is 0.497 e. The molecular formula is C24H23NO5S. The Morgan fingerprint density at radius 2 is 1.81 bits per heavy atom. The maximum Gasteiger partial charge on any atom is 0.348 e. The van der Waals surface area contributed by atoms with Gasteiger partial charge in [-0.2, -0.15) is 0 Å². The van der Waals surface area contributed by atoms with Crippen molar-refractivity contribution in [1.29, 1.82) is 0 Å². The summed E-state index contributed by atoms with van der Waals surface area (Å²) >= 11 is 1.40. The van der Waals surface area contributed by atoms with Gasteiger partial charge in [0, 0.05) is 4.88 Å². The summed E-state index contributed by atoms with van der Waals surface area (Å²) in [7, 11) is 3.19. The van der Waals surface area contributed by atoms with Crippen molar-refractivity contribution in [1.82, 2.24) is 0 Å². The second kappa shape index (κ2) is 8.81. The van der Waals surface area contributed by atoms with Crippen LogP contribution in [0.1, 0.15) is 26.4 Å². The Morgan fingerprint density at radius 1 is 1.00 bits per heavy atom. The lowest BCUT2D eigenvalue weighted by Gasteiger charge is -2.16. The first-order chi connectivity index (χ1) is 15.0. The molecule has 2 aromatic carbocycles. The third-order valence-electron chi connectivity index (χ3n) is 5.19. The third-order valence-corrected chi connectivity index (χ3v) is 6.38. The molecule has 0 unspecified atom stereocenters. The van der Waals surface area contributed by atoms with Crippen LogP contribution in [-0.4, -0.2) is 32.7 Å². The van der Waals surface area contributed by atoms with Gasteiger partial charge in [-0.05, 0) is 78.4 Å². The summed E-state index contributed by atoms with van der Waals surface area (Å²) in [6, 6.07) is 13.3. The highest BCUT2D eigenvalue weighted by molar-refractivity contribution is 7.17. The lowest BCUT2D eigenvalue weighted by atomic mass is 9.91. The number of thiophene rings is 1. The topological polar surface area (TPSA) is 73.9 Å². The van der Waals surface area contributed by atoms with E-state index in [-0.39, 0.29) is 6.61 Å². The van der Waals surface area contributed by atoms with Gasteiger partial charge in [-0.15, -0.1) is 11.3 Å². The molecule has 3 aromatic rings. The van der Waals surface area contributed by atoms with Gasteiger partial charge in [-0.3, -0.25) is 4.79 Å². The molecule has 0 aliphatic heterocycles. The SMILES string of the molecule is COc1ccc2c(c1)CCc1cc(C(=O)OCC(=O)Nc3cc(C)ccc3OC)sc1-2. The molecule has 1 N–H and O–H groups in total. The van der Waals surface area contributed by atoms with E-state index in [0.717, 1.165) is 40.2 Å². The van der Waals surface area contributed by atoms with E-state index in [2.05, 4.69) is 5.32 Å². The number of rotatable bonds is 6. The normalized spacial score (nSPS) is 11.8. The van der Waals surface area contributed by atoms with Gasteiger partial charge < -0.3 is 19.5 Å². The van der Waals surface area contributed by atoms with E-state index in [1.54, 1.807) is 19.2 Å². The highest BCUT2D eigenvalue weighted by Gasteiger charge is 2.23. The van der Waals surface area contributed by atoms with Crippen molar-refractivity contribution in [2.75, 3.05) is 26.1 Å². The molecular weight excluding hydrogens is 414 g/mol. The maximum atomic E-state index is 12.6. The zero-order valence-corrected chi connectivity index (χ0v) is 18.4. The zero-order valence-electron chi connectivity index (χ0n) is 17.6. The summed E-state index contributed by atoms with van der Waals surface area (Å²) in [5.74, 6) is 0.456. The number of hydrogen-bond donors (Lipinski definition) is 1. The molecule has 0 radical (unpaired) electrons. The number of benzene rings is 2. The van der Waals surface area contributed by atoms with Crippen molar-refractivity contribution in [3.05, 3.63) is 64.0 Å². The summed E-state index contributed by atoms with van der Waals surface area (Å²) in [6.45, 7) is 1.55. The number of carbonyl (C=O) groups excluding carboxylic acids is 2. The molecule has 31 heavy (non-hydrogen) atoms. The van der Waals surface area contributed by atoms with Crippen molar-refractivity contribution < 1.29 is 23.8 Å². The van der Waals surface area contributed by atoms with Gasteiger partial charge in [0.1, 0.15) is 16.4 Å².